The molecular weight excluding hydrogens is 362 g/mol. The van der Waals surface area contributed by atoms with E-state index >= 15 is 0 Å². The number of hydrogen-bond acceptors (Lipinski definition) is 3. The van der Waals surface area contributed by atoms with Crippen LogP contribution in [0.2, 0.25) is 5.02 Å². The molecule has 1 N–H and O–H groups in total. The Hall–Kier alpha value is -1.98. The van der Waals surface area contributed by atoms with Crippen LogP contribution in [-0.4, -0.2) is 41.6 Å². The largest absolute Gasteiger partial charge is 0.484 e. The fraction of sp³-hybridized carbons (Fsp3) is 0.476. The molecule has 1 amide bonds. The Labute approximate surface area is 166 Å². The van der Waals surface area contributed by atoms with E-state index in [9.17, 15) is 4.79 Å². The summed E-state index contributed by atoms with van der Waals surface area (Å²) < 4.78 is 7.69. The summed E-state index contributed by atoms with van der Waals surface area (Å²) in [6, 6.07) is 11.4. The monoisotopic (exact) mass is 389 g/mol. The van der Waals surface area contributed by atoms with E-state index in [4.69, 9.17) is 16.3 Å². The summed E-state index contributed by atoms with van der Waals surface area (Å²) in [5, 5.41) is 3.70. The Morgan fingerprint density at radius 1 is 1.15 bits per heavy atom. The molecule has 1 aromatic carbocycles. The van der Waals surface area contributed by atoms with Crippen molar-refractivity contribution in [1.29, 1.82) is 0 Å². The normalized spacial score (nSPS) is 16.5. The molecule has 1 fully saturated rings. The molecule has 1 atom stereocenters. The molecule has 1 saturated heterocycles. The van der Waals surface area contributed by atoms with Gasteiger partial charge >= 0.3 is 0 Å². The molecular formula is C21H28ClN3O2. The minimum absolute atomic E-state index is 0.00148. The van der Waals surface area contributed by atoms with Gasteiger partial charge in [0.2, 0.25) is 0 Å². The maximum Gasteiger partial charge on any atom is 0.258 e. The Kier molecular flexibility index (Phi) is 7.18. The molecule has 0 bridgehead atoms. The first-order chi connectivity index (χ1) is 13.1. The zero-order valence-corrected chi connectivity index (χ0v) is 16.6. The lowest BCUT2D eigenvalue weighted by Crippen LogP contribution is -2.40. The molecule has 0 spiro atoms. The van der Waals surface area contributed by atoms with Gasteiger partial charge in [0.05, 0.1) is 6.04 Å². The van der Waals surface area contributed by atoms with Gasteiger partial charge in [-0.05, 0) is 62.3 Å². The summed E-state index contributed by atoms with van der Waals surface area (Å²) in [7, 11) is 2.06. The second-order valence-electron chi connectivity index (χ2n) is 7.06. The molecule has 2 heterocycles. The van der Waals surface area contributed by atoms with E-state index in [2.05, 4.69) is 40.2 Å². The Morgan fingerprint density at radius 2 is 1.85 bits per heavy atom. The van der Waals surface area contributed by atoms with Crippen LogP contribution in [0.15, 0.2) is 42.6 Å². The van der Waals surface area contributed by atoms with Gasteiger partial charge < -0.3 is 14.6 Å². The number of hydrogen-bond donors (Lipinski definition) is 1. The molecule has 1 unspecified atom stereocenters. The first-order valence-corrected chi connectivity index (χ1v) is 10.0. The van der Waals surface area contributed by atoms with E-state index in [1.54, 1.807) is 24.3 Å². The highest BCUT2D eigenvalue weighted by atomic mass is 35.5. The molecule has 1 aliphatic heterocycles. The van der Waals surface area contributed by atoms with Crippen molar-refractivity contribution in [3.63, 3.8) is 0 Å². The van der Waals surface area contributed by atoms with Crippen molar-refractivity contribution in [3.8, 4) is 5.75 Å². The smallest absolute Gasteiger partial charge is 0.258 e. The molecule has 1 aliphatic rings. The summed E-state index contributed by atoms with van der Waals surface area (Å²) in [6.07, 6.45) is 7.07. The van der Waals surface area contributed by atoms with E-state index in [0.29, 0.717) is 17.3 Å². The Balaban J connectivity index is 1.57. The van der Waals surface area contributed by atoms with Gasteiger partial charge in [0, 0.05) is 30.5 Å². The molecule has 6 heteroatoms. The molecule has 1 aromatic heterocycles. The molecule has 0 radical (unpaired) electrons. The summed E-state index contributed by atoms with van der Waals surface area (Å²) in [5.74, 6) is 0.528. The fourth-order valence-corrected chi connectivity index (χ4v) is 3.72. The van der Waals surface area contributed by atoms with Crippen molar-refractivity contribution in [2.75, 3.05) is 26.2 Å². The number of halogens is 1. The van der Waals surface area contributed by atoms with Crippen LogP contribution in [0.5, 0.6) is 5.75 Å². The van der Waals surface area contributed by atoms with E-state index < -0.39 is 0 Å². The molecule has 0 aliphatic carbocycles. The second kappa shape index (κ2) is 9.81. The third kappa shape index (κ3) is 5.75. The third-order valence-corrected chi connectivity index (χ3v) is 5.33. The number of benzene rings is 1. The average Bonchev–Trinajstić information content (AvgIpc) is 2.92. The first-order valence-electron chi connectivity index (χ1n) is 9.64. The summed E-state index contributed by atoms with van der Waals surface area (Å²) in [4.78, 5) is 14.8. The fourth-order valence-electron chi connectivity index (χ4n) is 3.59. The van der Waals surface area contributed by atoms with Crippen LogP contribution in [0.3, 0.4) is 0 Å². The number of nitrogens with zero attached hydrogens (tertiary/aromatic N) is 2. The van der Waals surface area contributed by atoms with E-state index in [-0.39, 0.29) is 18.6 Å². The van der Waals surface area contributed by atoms with Crippen LogP contribution >= 0.6 is 11.6 Å². The van der Waals surface area contributed by atoms with Crippen molar-refractivity contribution >= 4 is 17.5 Å². The van der Waals surface area contributed by atoms with Gasteiger partial charge in [-0.3, -0.25) is 9.69 Å². The molecule has 2 aromatic rings. The van der Waals surface area contributed by atoms with Crippen LogP contribution in [0.1, 0.15) is 37.4 Å². The van der Waals surface area contributed by atoms with Crippen LogP contribution in [0, 0.1) is 0 Å². The zero-order valence-electron chi connectivity index (χ0n) is 15.9. The maximum atomic E-state index is 12.3. The highest BCUT2D eigenvalue weighted by Gasteiger charge is 2.24. The number of nitrogens with one attached hydrogen (secondary N) is 1. The minimum atomic E-state index is -0.112. The lowest BCUT2D eigenvalue weighted by Gasteiger charge is -2.31. The lowest BCUT2D eigenvalue weighted by molar-refractivity contribution is -0.123. The predicted molar refractivity (Wildman–Crippen MR) is 108 cm³/mol. The van der Waals surface area contributed by atoms with Crippen molar-refractivity contribution in [1.82, 2.24) is 14.8 Å². The molecule has 3 rings (SSSR count). The molecule has 5 nitrogen and oxygen atoms in total. The van der Waals surface area contributed by atoms with Crippen LogP contribution in [0.4, 0.5) is 0 Å². The van der Waals surface area contributed by atoms with E-state index in [1.165, 1.54) is 31.4 Å². The number of carbonyl (C=O) groups excluding carboxylic acids is 1. The van der Waals surface area contributed by atoms with Gasteiger partial charge in [0.1, 0.15) is 5.75 Å². The first kappa shape index (κ1) is 19.8. The highest BCUT2D eigenvalue weighted by molar-refractivity contribution is 6.30. The zero-order chi connectivity index (χ0) is 19.1. The summed E-state index contributed by atoms with van der Waals surface area (Å²) in [5.41, 5.74) is 1.23. The van der Waals surface area contributed by atoms with E-state index in [0.717, 1.165) is 13.1 Å². The standard InChI is InChI=1S/C21H28ClN3O2/c1-24-12-6-7-19(24)20(25-13-4-2-3-5-14-25)15-23-21(26)16-27-18-10-8-17(22)9-11-18/h6-12,20H,2-5,13-16H2,1H3,(H,23,26). The summed E-state index contributed by atoms with van der Waals surface area (Å²) in [6.45, 7) is 2.74. The van der Waals surface area contributed by atoms with Crippen LogP contribution < -0.4 is 10.1 Å². The average molecular weight is 390 g/mol. The Bertz CT molecular complexity index is 721. The van der Waals surface area contributed by atoms with Gasteiger partial charge in [0.25, 0.3) is 5.91 Å². The third-order valence-electron chi connectivity index (χ3n) is 5.08. The minimum Gasteiger partial charge on any atom is -0.484 e. The molecule has 146 valence electrons. The maximum absolute atomic E-state index is 12.3. The van der Waals surface area contributed by atoms with Gasteiger partial charge in [-0.15, -0.1) is 0 Å². The number of amides is 1. The summed E-state index contributed by atoms with van der Waals surface area (Å²) >= 11 is 5.86. The van der Waals surface area contributed by atoms with Crippen molar-refractivity contribution < 1.29 is 9.53 Å². The number of carbonyl (C=O) groups is 1. The topological polar surface area (TPSA) is 46.5 Å². The van der Waals surface area contributed by atoms with Crippen LogP contribution in [-0.2, 0) is 11.8 Å². The molecule has 27 heavy (non-hydrogen) atoms. The van der Waals surface area contributed by atoms with Gasteiger partial charge in [-0.1, -0.05) is 24.4 Å². The number of rotatable bonds is 7. The van der Waals surface area contributed by atoms with Gasteiger partial charge in [0.15, 0.2) is 6.61 Å². The quantitative estimate of drug-likeness (QED) is 0.783. The highest BCUT2D eigenvalue weighted by Crippen LogP contribution is 2.24. The number of ether oxygens (including phenoxy) is 1. The van der Waals surface area contributed by atoms with Gasteiger partial charge in [-0.25, -0.2) is 0 Å². The van der Waals surface area contributed by atoms with E-state index in [1.807, 2.05) is 0 Å². The van der Waals surface area contributed by atoms with Crippen LogP contribution in [0.25, 0.3) is 0 Å². The second-order valence-corrected chi connectivity index (χ2v) is 7.49. The number of aryl methyl sites for hydroxylation is 1. The number of aromatic nitrogens is 1. The van der Waals surface area contributed by atoms with Crippen molar-refractivity contribution in [2.24, 2.45) is 7.05 Å². The predicted octanol–water partition coefficient (Wildman–Crippen LogP) is 3.79. The van der Waals surface area contributed by atoms with Gasteiger partial charge in [-0.2, -0.15) is 0 Å². The lowest BCUT2D eigenvalue weighted by atomic mass is 10.1. The number of likely N-dealkylation sites (tertiary alicyclic amines) is 1. The molecule has 0 saturated carbocycles. The Morgan fingerprint density at radius 3 is 2.48 bits per heavy atom. The SMILES string of the molecule is Cn1cccc1C(CNC(=O)COc1ccc(Cl)cc1)N1CCCCCC1. The van der Waals surface area contributed by atoms with Crippen molar-refractivity contribution in [3.05, 3.63) is 53.3 Å². The van der Waals surface area contributed by atoms with Crippen molar-refractivity contribution in [2.45, 2.75) is 31.7 Å².